The summed E-state index contributed by atoms with van der Waals surface area (Å²) in [4.78, 5) is 0. The van der Waals surface area contributed by atoms with E-state index in [4.69, 9.17) is 9.15 Å². The molecule has 0 bridgehead atoms. The highest BCUT2D eigenvalue weighted by Gasteiger charge is 2.24. The van der Waals surface area contributed by atoms with Crippen molar-refractivity contribution in [3.05, 3.63) is 24.2 Å². The molecule has 0 saturated carbocycles. The Morgan fingerprint density at radius 1 is 1.62 bits per heavy atom. The summed E-state index contributed by atoms with van der Waals surface area (Å²) < 4.78 is 10.2. The third kappa shape index (κ3) is 2.86. The third-order valence-electron chi connectivity index (χ3n) is 1.87. The maximum atomic E-state index is 9.92. The molecule has 0 aliphatic heterocycles. The van der Waals surface area contributed by atoms with Crippen LogP contribution in [0.5, 0.6) is 0 Å². The van der Waals surface area contributed by atoms with Crippen molar-refractivity contribution in [2.24, 2.45) is 0 Å². The van der Waals surface area contributed by atoms with Crippen LogP contribution in [-0.2, 0) is 10.3 Å². The summed E-state index contributed by atoms with van der Waals surface area (Å²) in [5.41, 5.74) is -0.189. The molecule has 0 amide bonds. The number of ether oxygens (including phenoxy) is 1. The summed E-state index contributed by atoms with van der Waals surface area (Å²) in [6.45, 7) is 4.73. The Hall–Kier alpha value is -0.800. The van der Waals surface area contributed by atoms with E-state index in [1.807, 2.05) is 6.92 Å². The predicted molar refractivity (Wildman–Crippen MR) is 49.4 cm³/mol. The minimum absolute atomic E-state index is 0.306. The van der Waals surface area contributed by atoms with Gasteiger partial charge in [-0.2, -0.15) is 0 Å². The standard InChI is InChI=1S/C10H16O3/c1-3-5-13-8-10(2,11)9-4-6-12-7-9/h4,6-7,11H,3,5,8H2,1-2H3. The molecule has 1 aromatic rings. The van der Waals surface area contributed by atoms with Crippen LogP contribution in [0.1, 0.15) is 25.8 Å². The summed E-state index contributed by atoms with van der Waals surface area (Å²) in [5, 5.41) is 9.92. The van der Waals surface area contributed by atoms with E-state index in [0.717, 1.165) is 12.0 Å². The van der Waals surface area contributed by atoms with Gasteiger partial charge in [0.25, 0.3) is 0 Å². The first kappa shape index (κ1) is 10.3. The molecule has 0 saturated heterocycles. The van der Waals surface area contributed by atoms with E-state index in [-0.39, 0.29) is 0 Å². The van der Waals surface area contributed by atoms with Crippen LogP contribution < -0.4 is 0 Å². The summed E-state index contributed by atoms with van der Waals surface area (Å²) >= 11 is 0. The fourth-order valence-corrected chi connectivity index (χ4v) is 1.07. The molecule has 74 valence electrons. The fraction of sp³-hybridized carbons (Fsp3) is 0.600. The molecule has 0 aliphatic carbocycles. The molecule has 0 aromatic carbocycles. The van der Waals surface area contributed by atoms with E-state index >= 15 is 0 Å². The zero-order valence-electron chi connectivity index (χ0n) is 8.12. The Labute approximate surface area is 78.3 Å². The molecule has 0 spiro atoms. The highest BCUT2D eigenvalue weighted by molar-refractivity contribution is 5.14. The molecular formula is C10H16O3. The minimum atomic E-state index is -0.942. The topological polar surface area (TPSA) is 42.6 Å². The van der Waals surface area contributed by atoms with Gasteiger partial charge >= 0.3 is 0 Å². The van der Waals surface area contributed by atoms with Crippen LogP contribution in [0.15, 0.2) is 23.0 Å². The summed E-state index contributed by atoms with van der Waals surface area (Å²) in [7, 11) is 0. The first-order chi connectivity index (χ1) is 6.17. The zero-order chi connectivity index (χ0) is 9.73. The van der Waals surface area contributed by atoms with Crippen LogP contribution in [0.2, 0.25) is 0 Å². The van der Waals surface area contributed by atoms with Gasteiger partial charge in [0.15, 0.2) is 0 Å². The molecular weight excluding hydrogens is 168 g/mol. The van der Waals surface area contributed by atoms with Crippen LogP contribution >= 0.6 is 0 Å². The number of hydrogen-bond donors (Lipinski definition) is 1. The van der Waals surface area contributed by atoms with Crippen molar-refractivity contribution in [2.45, 2.75) is 25.9 Å². The maximum absolute atomic E-state index is 9.92. The first-order valence-corrected chi connectivity index (χ1v) is 4.49. The van der Waals surface area contributed by atoms with Gasteiger partial charge in [0.2, 0.25) is 0 Å². The van der Waals surface area contributed by atoms with Crippen molar-refractivity contribution >= 4 is 0 Å². The van der Waals surface area contributed by atoms with Gasteiger partial charge in [-0.3, -0.25) is 0 Å². The SMILES string of the molecule is CCCOCC(C)(O)c1ccoc1. The van der Waals surface area contributed by atoms with E-state index in [1.165, 1.54) is 6.26 Å². The van der Waals surface area contributed by atoms with Crippen LogP contribution in [0, 0.1) is 0 Å². The van der Waals surface area contributed by atoms with Crippen LogP contribution in [-0.4, -0.2) is 18.3 Å². The van der Waals surface area contributed by atoms with Gasteiger partial charge in [-0.25, -0.2) is 0 Å². The fourth-order valence-electron chi connectivity index (χ4n) is 1.07. The van der Waals surface area contributed by atoms with Gasteiger partial charge in [-0.05, 0) is 19.4 Å². The highest BCUT2D eigenvalue weighted by atomic mass is 16.5. The minimum Gasteiger partial charge on any atom is -0.472 e. The van der Waals surface area contributed by atoms with Gasteiger partial charge in [-0.15, -0.1) is 0 Å². The Kier molecular flexibility index (Phi) is 3.51. The molecule has 1 N–H and O–H groups in total. The zero-order valence-corrected chi connectivity index (χ0v) is 8.12. The molecule has 0 aliphatic rings. The first-order valence-electron chi connectivity index (χ1n) is 4.49. The Bertz CT molecular complexity index is 226. The van der Waals surface area contributed by atoms with Gasteiger partial charge in [-0.1, -0.05) is 6.92 Å². The van der Waals surface area contributed by atoms with E-state index in [0.29, 0.717) is 13.2 Å². The number of hydrogen-bond acceptors (Lipinski definition) is 3. The van der Waals surface area contributed by atoms with Crippen molar-refractivity contribution < 1.29 is 14.3 Å². The third-order valence-corrected chi connectivity index (χ3v) is 1.87. The van der Waals surface area contributed by atoms with Crippen LogP contribution in [0.4, 0.5) is 0 Å². The molecule has 1 unspecified atom stereocenters. The molecule has 1 rings (SSSR count). The average Bonchev–Trinajstić information content (AvgIpc) is 2.56. The largest absolute Gasteiger partial charge is 0.472 e. The molecule has 1 aromatic heterocycles. The summed E-state index contributed by atoms with van der Waals surface area (Å²) in [5.74, 6) is 0. The number of rotatable bonds is 5. The van der Waals surface area contributed by atoms with E-state index in [9.17, 15) is 5.11 Å². The van der Waals surface area contributed by atoms with Crippen LogP contribution in [0.3, 0.4) is 0 Å². The molecule has 0 radical (unpaired) electrons. The Morgan fingerprint density at radius 2 is 2.38 bits per heavy atom. The highest BCUT2D eigenvalue weighted by Crippen LogP contribution is 2.20. The second-order valence-corrected chi connectivity index (χ2v) is 3.34. The van der Waals surface area contributed by atoms with Crippen molar-refractivity contribution in [2.75, 3.05) is 13.2 Å². The van der Waals surface area contributed by atoms with Gasteiger partial charge in [0.1, 0.15) is 5.60 Å². The van der Waals surface area contributed by atoms with E-state index in [1.54, 1.807) is 19.3 Å². The molecule has 1 atom stereocenters. The van der Waals surface area contributed by atoms with Crippen molar-refractivity contribution in [1.82, 2.24) is 0 Å². The summed E-state index contributed by atoms with van der Waals surface area (Å²) in [6, 6.07) is 1.75. The van der Waals surface area contributed by atoms with Crippen molar-refractivity contribution in [3.63, 3.8) is 0 Å². The smallest absolute Gasteiger partial charge is 0.113 e. The monoisotopic (exact) mass is 184 g/mol. The Morgan fingerprint density at radius 3 is 2.92 bits per heavy atom. The quantitative estimate of drug-likeness (QED) is 0.711. The van der Waals surface area contributed by atoms with Gasteiger partial charge < -0.3 is 14.3 Å². The average molecular weight is 184 g/mol. The number of furan rings is 1. The molecule has 13 heavy (non-hydrogen) atoms. The van der Waals surface area contributed by atoms with E-state index in [2.05, 4.69) is 0 Å². The molecule has 1 heterocycles. The second-order valence-electron chi connectivity index (χ2n) is 3.34. The lowest BCUT2D eigenvalue weighted by atomic mass is 10.0. The lowest BCUT2D eigenvalue weighted by Gasteiger charge is -2.21. The van der Waals surface area contributed by atoms with Gasteiger partial charge in [0, 0.05) is 12.2 Å². The lowest BCUT2D eigenvalue weighted by molar-refractivity contribution is -0.0378. The van der Waals surface area contributed by atoms with Crippen molar-refractivity contribution in [1.29, 1.82) is 0 Å². The number of aliphatic hydroxyl groups is 1. The maximum Gasteiger partial charge on any atom is 0.113 e. The molecule has 3 nitrogen and oxygen atoms in total. The molecule has 3 heteroatoms. The van der Waals surface area contributed by atoms with Crippen LogP contribution in [0.25, 0.3) is 0 Å². The summed E-state index contributed by atoms with van der Waals surface area (Å²) in [6.07, 6.45) is 4.04. The lowest BCUT2D eigenvalue weighted by Crippen LogP contribution is -2.27. The molecule has 0 fully saturated rings. The Balaban J connectivity index is 2.46. The van der Waals surface area contributed by atoms with Crippen molar-refractivity contribution in [3.8, 4) is 0 Å². The normalized spacial score (nSPS) is 15.6. The second kappa shape index (κ2) is 4.44. The predicted octanol–water partition coefficient (Wildman–Crippen LogP) is 1.91. The van der Waals surface area contributed by atoms with E-state index < -0.39 is 5.60 Å². The van der Waals surface area contributed by atoms with Gasteiger partial charge in [0.05, 0.1) is 19.1 Å².